The maximum Gasteiger partial charge on any atom is 0.336 e. The SMILES string of the molecule is CC1CCC(Oc2ccc3ccc(=O)oc3c2)CC1. The van der Waals surface area contributed by atoms with E-state index in [1.54, 1.807) is 6.07 Å². The Labute approximate surface area is 112 Å². The van der Waals surface area contributed by atoms with Crippen LogP contribution in [0.2, 0.25) is 0 Å². The molecule has 100 valence electrons. The van der Waals surface area contributed by atoms with E-state index in [0.29, 0.717) is 11.7 Å². The van der Waals surface area contributed by atoms with Crippen LogP contribution in [0.15, 0.2) is 39.5 Å². The maximum atomic E-state index is 11.2. The average Bonchev–Trinajstić information content (AvgIpc) is 2.41. The molecule has 1 aliphatic rings. The molecule has 1 aromatic carbocycles. The van der Waals surface area contributed by atoms with E-state index in [4.69, 9.17) is 9.15 Å². The topological polar surface area (TPSA) is 39.4 Å². The van der Waals surface area contributed by atoms with Crippen LogP contribution in [0.25, 0.3) is 11.0 Å². The molecule has 1 saturated carbocycles. The first kappa shape index (κ1) is 12.3. The lowest BCUT2D eigenvalue weighted by atomic mass is 9.89. The van der Waals surface area contributed by atoms with E-state index in [1.165, 1.54) is 18.9 Å². The Morgan fingerprint density at radius 2 is 1.84 bits per heavy atom. The summed E-state index contributed by atoms with van der Waals surface area (Å²) in [7, 11) is 0. The van der Waals surface area contributed by atoms with Crippen LogP contribution >= 0.6 is 0 Å². The second kappa shape index (κ2) is 5.08. The monoisotopic (exact) mass is 258 g/mol. The second-order valence-electron chi connectivity index (χ2n) is 5.45. The van der Waals surface area contributed by atoms with Crippen LogP contribution in [0.4, 0.5) is 0 Å². The maximum absolute atomic E-state index is 11.2. The molecule has 1 aromatic heterocycles. The van der Waals surface area contributed by atoms with Gasteiger partial charge in [-0.3, -0.25) is 0 Å². The van der Waals surface area contributed by atoms with E-state index >= 15 is 0 Å². The molecule has 1 aliphatic carbocycles. The van der Waals surface area contributed by atoms with Gasteiger partial charge in [0.05, 0.1) is 6.10 Å². The normalized spacial score (nSPS) is 23.4. The molecule has 1 fully saturated rings. The fourth-order valence-electron chi connectivity index (χ4n) is 2.65. The molecule has 0 bridgehead atoms. The van der Waals surface area contributed by atoms with Gasteiger partial charge in [-0.05, 0) is 49.8 Å². The van der Waals surface area contributed by atoms with Crippen molar-refractivity contribution in [1.29, 1.82) is 0 Å². The van der Waals surface area contributed by atoms with Crippen molar-refractivity contribution in [2.45, 2.75) is 38.7 Å². The van der Waals surface area contributed by atoms with Crippen molar-refractivity contribution in [3.63, 3.8) is 0 Å². The lowest BCUT2D eigenvalue weighted by Crippen LogP contribution is -2.22. The predicted octanol–water partition coefficient (Wildman–Crippen LogP) is 3.75. The first-order valence-electron chi connectivity index (χ1n) is 6.91. The number of hydrogen-bond acceptors (Lipinski definition) is 3. The molecule has 0 unspecified atom stereocenters. The Morgan fingerprint density at radius 1 is 1.11 bits per heavy atom. The summed E-state index contributed by atoms with van der Waals surface area (Å²) < 4.78 is 11.2. The summed E-state index contributed by atoms with van der Waals surface area (Å²) in [5.74, 6) is 1.61. The summed E-state index contributed by atoms with van der Waals surface area (Å²) in [4.78, 5) is 11.2. The van der Waals surface area contributed by atoms with Crippen LogP contribution in [-0.2, 0) is 0 Å². The fraction of sp³-hybridized carbons (Fsp3) is 0.438. The summed E-state index contributed by atoms with van der Waals surface area (Å²) in [6, 6.07) is 8.90. The van der Waals surface area contributed by atoms with E-state index < -0.39 is 0 Å². The minimum Gasteiger partial charge on any atom is -0.490 e. The van der Waals surface area contributed by atoms with Crippen LogP contribution in [-0.4, -0.2) is 6.10 Å². The zero-order chi connectivity index (χ0) is 13.2. The number of ether oxygens (including phenoxy) is 1. The zero-order valence-corrected chi connectivity index (χ0v) is 11.1. The van der Waals surface area contributed by atoms with Crippen molar-refractivity contribution in [2.24, 2.45) is 5.92 Å². The molecule has 0 aliphatic heterocycles. The van der Waals surface area contributed by atoms with Gasteiger partial charge in [-0.2, -0.15) is 0 Å². The first-order chi connectivity index (χ1) is 9.20. The number of fused-ring (bicyclic) bond motifs is 1. The Morgan fingerprint density at radius 3 is 2.63 bits per heavy atom. The van der Waals surface area contributed by atoms with E-state index in [2.05, 4.69) is 6.92 Å². The largest absolute Gasteiger partial charge is 0.490 e. The quantitative estimate of drug-likeness (QED) is 0.770. The lowest BCUT2D eigenvalue weighted by Gasteiger charge is -2.26. The Balaban J connectivity index is 1.79. The highest BCUT2D eigenvalue weighted by molar-refractivity contribution is 5.77. The third kappa shape index (κ3) is 2.80. The molecule has 0 radical (unpaired) electrons. The molecule has 19 heavy (non-hydrogen) atoms. The molecule has 0 spiro atoms. The second-order valence-corrected chi connectivity index (χ2v) is 5.45. The third-order valence-electron chi connectivity index (χ3n) is 3.86. The van der Waals surface area contributed by atoms with Gasteiger partial charge in [0.1, 0.15) is 11.3 Å². The molecule has 3 rings (SSSR count). The molecule has 2 aromatic rings. The van der Waals surface area contributed by atoms with E-state index in [1.807, 2.05) is 18.2 Å². The van der Waals surface area contributed by atoms with E-state index in [-0.39, 0.29) is 5.63 Å². The Kier molecular flexibility index (Phi) is 3.28. The van der Waals surface area contributed by atoms with Gasteiger partial charge in [0.25, 0.3) is 0 Å². The molecule has 0 atom stereocenters. The highest BCUT2D eigenvalue weighted by atomic mass is 16.5. The van der Waals surface area contributed by atoms with Gasteiger partial charge in [0.2, 0.25) is 0 Å². The summed E-state index contributed by atoms with van der Waals surface area (Å²) >= 11 is 0. The molecule has 0 amide bonds. The molecular weight excluding hydrogens is 240 g/mol. The highest BCUT2D eigenvalue weighted by Crippen LogP contribution is 2.28. The van der Waals surface area contributed by atoms with Gasteiger partial charge < -0.3 is 9.15 Å². The average molecular weight is 258 g/mol. The summed E-state index contributed by atoms with van der Waals surface area (Å²) in [5, 5.41) is 0.921. The standard InChI is InChI=1S/C16H18O3/c1-11-2-6-13(7-3-11)18-14-8-4-12-5-9-16(17)19-15(12)10-14/h4-5,8-11,13H,2-3,6-7H2,1H3. The molecule has 3 nitrogen and oxygen atoms in total. The van der Waals surface area contributed by atoms with Crippen molar-refractivity contribution in [1.82, 2.24) is 0 Å². The van der Waals surface area contributed by atoms with Gasteiger partial charge in [-0.15, -0.1) is 0 Å². The fourth-order valence-corrected chi connectivity index (χ4v) is 2.65. The van der Waals surface area contributed by atoms with Crippen LogP contribution in [0.3, 0.4) is 0 Å². The van der Waals surface area contributed by atoms with Crippen molar-refractivity contribution in [2.75, 3.05) is 0 Å². The first-order valence-corrected chi connectivity index (χ1v) is 6.91. The van der Waals surface area contributed by atoms with Crippen molar-refractivity contribution >= 4 is 11.0 Å². The minimum absolute atomic E-state index is 0.295. The van der Waals surface area contributed by atoms with E-state index in [0.717, 1.165) is 29.9 Å². The molecular formula is C16H18O3. The van der Waals surface area contributed by atoms with Crippen LogP contribution < -0.4 is 10.4 Å². The highest BCUT2D eigenvalue weighted by Gasteiger charge is 2.19. The Hall–Kier alpha value is -1.77. The third-order valence-corrected chi connectivity index (χ3v) is 3.86. The van der Waals surface area contributed by atoms with Crippen molar-refractivity contribution in [3.05, 3.63) is 40.8 Å². The minimum atomic E-state index is -0.323. The van der Waals surface area contributed by atoms with Gasteiger partial charge in [-0.25, -0.2) is 4.79 Å². The van der Waals surface area contributed by atoms with Gasteiger partial charge >= 0.3 is 5.63 Å². The molecule has 0 N–H and O–H groups in total. The number of rotatable bonds is 2. The van der Waals surface area contributed by atoms with Crippen LogP contribution in [0.1, 0.15) is 32.6 Å². The number of benzene rings is 1. The van der Waals surface area contributed by atoms with Gasteiger partial charge in [0.15, 0.2) is 0 Å². The molecule has 1 heterocycles. The lowest BCUT2D eigenvalue weighted by molar-refractivity contribution is 0.135. The van der Waals surface area contributed by atoms with Crippen molar-refractivity contribution in [3.8, 4) is 5.75 Å². The summed E-state index contributed by atoms with van der Waals surface area (Å²) in [5.41, 5.74) is 0.269. The molecule has 0 saturated heterocycles. The van der Waals surface area contributed by atoms with Crippen LogP contribution in [0, 0.1) is 5.92 Å². The van der Waals surface area contributed by atoms with Crippen molar-refractivity contribution < 1.29 is 9.15 Å². The van der Waals surface area contributed by atoms with Gasteiger partial charge in [0, 0.05) is 17.5 Å². The number of hydrogen-bond donors (Lipinski definition) is 0. The predicted molar refractivity (Wildman–Crippen MR) is 74.5 cm³/mol. The molecule has 3 heteroatoms. The smallest absolute Gasteiger partial charge is 0.336 e. The van der Waals surface area contributed by atoms with E-state index in [9.17, 15) is 4.79 Å². The zero-order valence-electron chi connectivity index (χ0n) is 11.1. The summed E-state index contributed by atoms with van der Waals surface area (Å²) in [6.45, 7) is 2.29. The summed E-state index contributed by atoms with van der Waals surface area (Å²) in [6.07, 6.45) is 4.97. The van der Waals surface area contributed by atoms with Crippen LogP contribution in [0.5, 0.6) is 5.75 Å². The Bertz CT molecular complexity index is 621. The van der Waals surface area contributed by atoms with Gasteiger partial charge in [-0.1, -0.05) is 6.92 Å².